The minimum atomic E-state index is -0.581. The summed E-state index contributed by atoms with van der Waals surface area (Å²) in [4.78, 5) is 30.8. The quantitative estimate of drug-likeness (QED) is 0.446. The lowest BCUT2D eigenvalue weighted by atomic mass is 9.93. The number of carbonyl (C=O) groups excluding carboxylic acids is 2. The zero-order valence-electron chi connectivity index (χ0n) is 19.7. The van der Waals surface area contributed by atoms with Crippen LogP contribution in [-0.4, -0.2) is 46.9 Å². The fraction of sp³-hybridized carbons (Fsp3) is 0.393. The van der Waals surface area contributed by atoms with Crippen LogP contribution in [-0.2, 0) is 9.53 Å². The van der Waals surface area contributed by atoms with E-state index in [4.69, 9.17) is 4.74 Å². The van der Waals surface area contributed by atoms with Gasteiger partial charge in [0.15, 0.2) is 5.78 Å². The van der Waals surface area contributed by atoms with Gasteiger partial charge in [0.25, 0.3) is 5.91 Å². The number of amides is 1. The van der Waals surface area contributed by atoms with Crippen molar-refractivity contribution in [1.82, 2.24) is 9.88 Å². The number of hydrogen-bond donors (Lipinski definition) is 0. The normalized spacial score (nSPS) is 17.5. The molecule has 0 bridgehead atoms. The summed E-state index contributed by atoms with van der Waals surface area (Å²) in [5.41, 5.74) is 1.26. The molecule has 2 aromatic carbocycles. The highest BCUT2D eigenvalue weighted by molar-refractivity contribution is 5.95. The van der Waals surface area contributed by atoms with Crippen LogP contribution in [0.15, 0.2) is 48.5 Å². The third-order valence-corrected chi connectivity index (χ3v) is 7.30. The Hall–Kier alpha value is -3.19. The van der Waals surface area contributed by atoms with Gasteiger partial charge < -0.3 is 9.64 Å². The first-order valence-electron chi connectivity index (χ1n) is 12.2. The summed E-state index contributed by atoms with van der Waals surface area (Å²) in [6.07, 6.45) is 4.17. The number of ketones is 1. The number of pyridine rings is 1. The Balaban J connectivity index is 1.19. The van der Waals surface area contributed by atoms with E-state index in [-0.39, 0.29) is 23.1 Å². The molecule has 2 aliphatic rings. The number of ether oxygens (including phenoxy) is 1. The van der Waals surface area contributed by atoms with Crippen LogP contribution in [0.1, 0.15) is 49.4 Å². The summed E-state index contributed by atoms with van der Waals surface area (Å²) in [6, 6.07) is 12.3. The highest BCUT2D eigenvalue weighted by Gasteiger charge is 2.48. The first kappa shape index (κ1) is 23.5. The molecule has 1 amide bonds. The first-order chi connectivity index (χ1) is 16.8. The molecule has 7 heteroatoms. The monoisotopic (exact) mass is 478 g/mol. The molecule has 3 aromatic rings. The van der Waals surface area contributed by atoms with Crippen molar-refractivity contribution in [2.45, 2.75) is 44.6 Å². The van der Waals surface area contributed by atoms with Crippen molar-refractivity contribution in [3.05, 3.63) is 65.7 Å². The van der Waals surface area contributed by atoms with Crippen molar-refractivity contribution in [2.24, 2.45) is 5.92 Å². The van der Waals surface area contributed by atoms with Crippen LogP contribution in [0.3, 0.4) is 0 Å². The molecular formula is C28H28F2N2O3. The molecule has 5 rings (SSSR count). The Morgan fingerprint density at radius 1 is 1.06 bits per heavy atom. The van der Waals surface area contributed by atoms with E-state index in [9.17, 15) is 18.4 Å². The molecule has 1 saturated carbocycles. The average Bonchev–Trinajstić information content (AvgIpc) is 3.65. The summed E-state index contributed by atoms with van der Waals surface area (Å²) in [7, 11) is 0. The maximum Gasteiger partial charge on any atom is 0.256 e. The molecule has 5 nitrogen and oxygen atoms in total. The number of halogens is 2. The van der Waals surface area contributed by atoms with Crippen LogP contribution in [0.4, 0.5) is 8.78 Å². The topological polar surface area (TPSA) is 59.5 Å². The molecule has 1 aliphatic carbocycles. The number of carbonyl (C=O) groups is 2. The molecule has 0 N–H and O–H groups in total. The van der Waals surface area contributed by atoms with Gasteiger partial charge in [-0.15, -0.1) is 0 Å². The van der Waals surface area contributed by atoms with E-state index < -0.39 is 11.4 Å². The van der Waals surface area contributed by atoms with Crippen molar-refractivity contribution in [3.8, 4) is 11.3 Å². The lowest BCUT2D eigenvalue weighted by molar-refractivity contribution is -0.131. The van der Waals surface area contributed by atoms with E-state index in [0.29, 0.717) is 47.8 Å². The second-order valence-electron chi connectivity index (χ2n) is 9.65. The van der Waals surface area contributed by atoms with E-state index in [0.717, 1.165) is 32.1 Å². The van der Waals surface area contributed by atoms with Gasteiger partial charge >= 0.3 is 0 Å². The molecule has 0 atom stereocenters. The average molecular weight is 479 g/mol. The van der Waals surface area contributed by atoms with Crippen LogP contribution in [0.5, 0.6) is 0 Å². The predicted molar refractivity (Wildman–Crippen MR) is 129 cm³/mol. The molecule has 1 saturated heterocycles. The zero-order chi connectivity index (χ0) is 24.6. The van der Waals surface area contributed by atoms with Crippen molar-refractivity contribution in [3.63, 3.8) is 0 Å². The minimum Gasteiger partial charge on any atom is -0.367 e. The highest BCUT2D eigenvalue weighted by Crippen LogP contribution is 2.40. The maximum absolute atomic E-state index is 15.0. The maximum atomic E-state index is 15.0. The van der Waals surface area contributed by atoms with E-state index >= 15 is 0 Å². The van der Waals surface area contributed by atoms with Crippen molar-refractivity contribution < 1.29 is 23.1 Å². The number of hydrogen-bond acceptors (Lipinski definition) is 4. The summed E-state index contributed by atoms with van der Waals surface area (Å²) in [5, 5.41) is 0.668. The lowest BCUT2D eigenvalue weighted by Crippen LogP contribution is -2.39. The van der Waals surface area contributed by atoms with Gasteiger partial charge in [-0.25, -0.2) is 13.8 Å². The zero-order valence-corrected chi connectivity index (χ0v) is 19.7. The van der Waals surface area contributed by atoms with Gasteiger partial charge in [0, 0.05) is 30.6 Å². The predicted octanol–water partition coefficient (Wildman–Crippen LogP) is 5.56. The third kappa shape index (κ3) is 4.96. The molecule has 35 heavy (non-hydrogen) atoms. The SMILES string of the molecule is CC(=O)C1(OCCC2CCN(C(=O)c3ccc(-c4ccc5cc(F)ccc5n4)cc3F)CC2)CC1. The van der Waals surface area contributed by atoms with Gasteiger partial charge in [-0.2, -0.15) is 0 Å². The Bertz CT molecular complexity index is 1280. The fourth-order valence-electron chi connectivity index (χ4n) is 4.83. The summed E-state index contributed by atoms with van der Waals surface area (Å²) < 4.78 is 34.2. The van der Waals surface area contributed by atoms with Gasteiger partial charge in [-0.3, -0.25) is 9.59 Å². The third-order valence-electron chi connectivity index (χ3n) is 7.30. The van der Waals surface area contributed by atoms with Gasteiger partial charge in [-0.05, 0) is 81.3 Å². The smallest absolute Gasteiger partial charge is 0.256 e. The molecule has 2 heterocycles. The summed E-state index contributed by atoms with van der Waals surface area (Å²) >= 11 is 0. The first-order valence-corrected chi connectivity index (χ1v) is 12.2. The Morgan fingerprint density at radius 3 is 2.51 bits per heavy atom. The van der Waals surface area contributed by atoms with Crippen LogP contribution in [0.25, 0.3) is 22.2 Å². The molecule has 0 unspecified atom stereocenters. The van der Waals surface area contributed by atoms with Gasteiger partial charge in [-0.1, -0.05) is 12.1 Å². The van der Waals surface area contributed by atoms with Crippen LogP contribution < -0.4 is 0 Å². The number of fused-ring (bicyclic) bond motifs is 1. The molecule has 1 aliphatic heterocycles. The number of benzene rings is 2. The van der Waals surface area contributed by atoms with E-state index in [1.807, 2.05) is 0 Å². The van der Waals surface area contributed by atoms with Crippen LogP contribution in [0, 0.1) is 17.6 Å². The number of rotatable bonds is 7. The molecule has 2 fully saturated rings. The number of likely N-dealkylation sites (tertiary alicyclic amines) is 1. The van der Waals surface area contributed by atoms with Gasteiger partial charge in [0.2, 0.25) is 0 Å². The van der Waals surface area contributed by atoms with E-state index in [1.54, 1.807) is 36.1 Å². The van der Waals surface area contributed by atoms with Gasteiger partial charge in [0.1, 0.15) is 17.2 Å². The number of aromatic nitrogens is 1. The lowest BCUT2D eigenvalue weighted by Gasteiger charge is -2.32. The van der Waals surface area contributed by atoms with E-state index in [2.05, 4.69) is 4.98 Å². The van der Waals surface area contributed by atoms with Gasteiger partial charge in [0.05, 0.1) is 16.8 Å². The largest absolute Gasteiger partial charge is 0.367 e. The number of nitrogens with zero attached hydrogens (tertiary/aromatic N) is 2. The Kier molecular flexibility index (Phi) is 6.36. The second-order valence-corrected chi connectivity index (χ2v) is 9.65. The highest BCUT2D eigenvalue weighted by atomic mass is 19.1. The second kappa shape index (κ2) is 9.46. The fourth-order valence-corrected chi connectivity index (χ4v) is 4.83. The summed E-state index contributed by atoms with van der Waals surface area (Å²) in [5.74, 6) is -0.681. The molecule has 0 radical (unpaired) electrons. The summed E-state index contributed by atoms with van der Waals surface area (Å²) in [6.45, 7) is 3.30. The standard InChI is InChI=1S/C28H28F2N2O3/c1-18(33)28(11-12-28)35-15-10-19-8-13-32(14-9-19)27(34)23-5-2-21(17-24(23)30)25-6-3-20-16-22(29)4-7-26(20)31-25/h2-7,16-17,19H,8-15H2,1H3. The van der Waals surface area contributed by atoms with Crippen molar-refractivity contribution >= 4 is 22.6 Å². The molecule has 1 aromatic heterocycles. The number of Topliss-reactive ketones (excluding diaryl/α,β-unsaturated/α-hetero) is 1. The Morgan fingerprint density at radius 2 is 1.83 bits per heavy atom. The molecule has 182 valence electrons. The Labute approximate surface area is 203 Å². The molecular weight excluding hydrogens is 450 g/mol. The van der Waals surface area contributed by atoms with E-state index in [1.165, 1.54) is 24.3 Å². The van der Waals surface area contributed by atoms with Crippen molar-refractivity contribution in [1.29, 1.82) is 0 Å². The van der Waals surface area contributed by atoms with Crippen LogP contribution in [0.2, 0.25) is 0 Å². The number of piperidine rings is 1. The van der Waals surface area contributed by atoms with Crippen LogP contribution >= 0.6 is 0 Å². The molecule has 0 spiro atoms. The van der Waals surface area contributed by atoms with Crippen molar-refractivity contribution in [2.75, 3.05) is 19.7 Å². The minimum absolute atomic E-state index is 0.0514.